The van der Waals surface area contributed by atoms with E-state index in [1.165, 1.54) is 11.3 Å². The van der Waals surface area contributed by atoms with Crippen molar-refractivity contribution in [3.05, 3.63) is 29.6 Å². The van der Waals surface area contributed by atoms with Gasteiger partial charge in [-0.25, -0.2) is 0 Å². The van der Waals surface area contributed by atoms with Crippen LogP contribution in [0.1, 0.15) is 50.3 Å². The van der Waals surface area contributed by atoms with Crippen LogP contribution in [0.25, 0.3) is 0 Å². The van der Waals surface area contributed by atoms with E-state index < -0.39 is 0 Å². The average molecular weight is 344 g/mol. The van der Waals surface area contributed by atoms with Crippen molar-refractivity contribution in [1.82, 2.24) is 35.2 Å². The molecule has 1 aliphatic rings. The molecule has 0 spiro atoms. The molecule has 1 atom stereocenters. The van der Waals surface area contributed by atoms with E-state index in [0.29, 0.717) is 18.6 Å². The highest BCUT2D eigenvalue weighted by atomic mass is 15.3. The summed E-state index contributed by atoms with van der Waals surface area (Å²) in [7, 11) is 1.79. The van der Waals surface area contributed by atoms with Crippen LogP contribution in [0, 0.1) is 0 Å². The summed E-state index contributed by atoms with van der Waals surface area (Å²) in [6.45, 7) is 7.87. The molecule has 0 saturated carbocycles. The van der Waals surface area contributed by atoms with Gasteiger partial charge in [-0.1, -0.05) is 0 Å². The molecule has 1 unspecified atom stereocenters. The highest BCUT2D eigenvalue weighted by Crippen LogP contribution is 2.21. The van der Waals surface area contributed by atoms with Crippen molar-refractivity contribution >= 4 is 5.96 Å². The minimum absolute atomic E-state index is 0.346. The van der Waals surface area contributed by atoms with E-state index in [4.69, 9.17) is 5.10 Å². The quantitative estimate of drug-likeness (QED) is 0.631. The smallest absolute Gasteiger partial charge is 0.191 e. The normalized spacial score (nSPS) is 17.6. The van der Waals surface area contributed by atoms with Crippen LogP contribution in [-0.2, 0) is 25.9 Å². The topological polar surface area (TPSA) is 85.0 Å². The van der Waals surface area contributed by atoms with Gasteiger partial charge in [-0.3, -0.25) is 9.67 Å². The van der Waals surface area contributed by atoms with Crippen molar-refractivity contribution < 1.29 is 0 Å². The van der Waals surface area contributed by atoms with Crippen LogP contribution in [0.15, 0.2) is 17.5 Å². The third-order valence-corrected chi connectivity index (χ3v) is 4.64. The molecule has 0 fully saturated rings. The van der Waals surface area contributed by atoms with E-state index in [1.807, 2.05) is 4.57 Å². The molecule has 2 aromatic heterocycles. The molecule has 0 aromatic carbocycles. The van der Waals surface area contributed by atoms with Gasteiger partial charge in [-0.2, -0.15) is 5.10 Å². The van der Waals surface area contributed by atoms with E-state index in [9.17, 15) is 0 Å². The van der Waals surface area contributed by atoms with E-state index in [2.05, 4.69) is 57.5 Å². The van der Waals surface area contributed by atoms with Crippen molar-refractivity contribution in [3.8, 4) is 0 Å². The van der Waals surface area contributed by atoms with Gasteiger partial charge in [0.05, 0.1) is 12.2 Å². The lowest BCUT2D eigenvalue weighted by Crippen LogP contribution is -2.45. The van der Waals surface area contributed by atoms with Gasteiger partial charge in [0.2, 0.25) is 0 Å². The predicted molar refractivity (Wildman–Crippen MR) is 97.5 cm³/mol. The summed E-state index contributed by atoms with van der Waals surface area (Å²) >= 11 is 0. The number of aromatic nitrogens is 5. The highest BCUT2D eigenvalue weighted by Gasteiger charge is 2.23. The van der Waals surface area contributed by atoms with Gasteiger partial charge in [0.25, 0.3) is 0 Å². The lowest BCUT2D eigenvalue weighted by molar-refractivity contribution is 0.498. The predicted octanol–water partition coefficient (Wildman–Crippen LogP) is 1.30. The van der Waals surface area contributed by atoms with Gasteiger partial charge in [0, 0.05) is 38.3 Å². The first-order valence-electron chi connectivity index (χ1n) is 9.01. The molecule has 0 bridgehead atoms. The molecule has 8 heteroatoms. The molecule has 2 aromatic rings. The van der Waals surface area contributed by atoms with E-state index in [1.54, 1.807) is 13.4 Å². The lowest BCUT2D eigenvalue weighted by Gasteiger charge is -2.24. The fraction of sp³-hybridized carbons (Fsp3) is 0.647. The standard InChI is InChI=1S/C17H28N8/c1-5-24-11-20-22-16(24)9-19-17(18-4)21-14-7-6-13-10-25(12(2)3)23-15(13)8-14/h10-12,14H,5-9H2,1-4H3,(H2,18,19,21). The second kappa shape index (κ2) is 7.67. The number of aryl methyl sites for hydroxylation is 2. The van der Waals surface area contributed by atoms with Crippen molar-refractivity contribution in [2.24, 2.45) is 4.99 Å². The first-order valence-corrected chi connectivity index (χ1v) is 9.01. The van der Waals surface area contributed by atoms with Crippen LogP contribution in [0.3, 0.4) is 0 Å². The number of fused-ring (bicyclic) bond motifs is 1. The number of nitrogens with zero attached hydrogens (tertiary/aromatic N) is 6. The van der Waals surface area contributed by atoms with E-state index >= 15 is 0 Å². The molecule has 8 nitrogen and oxygen atoms in total. The van der Waals surface area contributed by atoms with Crippen LogP contribution >= 0.6 is 0 Å². The number of hydrogen-bond donors (Lipinski definition) is 2. The minimum atomic E-state index is 0.346. The molecule has 25 heavy (non-hydrogen) atoms. The first kappa shape index (κ1) is 17.4. The number of guanidine groups is 1. The van der Waals surface area contributed by atoms with Crippen LogP contribution in [0.5, 0.6) is 0 Å². The molecular weight excluding hydrogens is 316 g/mol. The van der Waals surface area contributed by atoms with Crippen LogP contribution in [0.4, 0.5) is 0 Å². The molecule has 2 N–H and O–H groups in total. The zero-order valence-corrected chi connectivity index (χ0v) is 15.5. The Bertz CT molecular complexity index is 727. The largest absolute Gasteiger partial charge is 0.353 e. The maximum absolute atomic E-state index is 4.74. The first-order chi connectivity index (χ1) is 12.1. The Morgan fingerprint density at radius 2 is 2.28 bits per heavy atom. The summed E-state index contributed by atoms with van der Waals surface area (Å²) in [4.78, 5) is 4.34. The molecule has 3 rings (SSSR count). The highest BCUT2D eigenvalue weighted by molar-refractivity contribution is 5.79. The number of rotatable bonds is 5. The van der Waals surface area contributed by atoms with Gasteiger partial charge in [-0.15, -0.1) is 10.2 Å². The average Bonchev–Trinajstić information content (AvgIpc) is 3.24. The third-order valence-electron chi connectivity index (χ3n) is 4.64. The van der Waals surface area contributed by atoms with Gasteiger partial charge in [0.15, 0.2) is 11.8 Å². The molecular formula is C17H28N8. The summed E-state index contributed by atoms with van der Waals surface area (Å²) < 4.78 is 4.09. The van der Waals surface area contributed by atoms with Crippen molar-refractivity contribution in [2.75, 3.05) is 7.05 Å². The van der Waals surface area contributed by atoms with Gasteiger partial charge in [0.1, 0.15) is 6.33 Å². The Balaban J connectivity index is 1.57. The van der Waals surface area contributed by atoms with Crippen LogP contribution in [0.2, 0.25) is 0 Å². The van der Waals surface area contributed by atoms with Crippen molar-refractivity contribution in [3.63, 3.8) is 0 Å². The van der Waals surface area contributed by atoms with Crippen molar-refractivity contribution in [2.45, 2.75) is 65.2 Å². The number of hydrogen-bond acceptors (Lipinski definition) is 4. The maximum Gasteiger partial charge on any atom is 0.191 e. The second-order valence-corrected chi connectivity index (χ2v) is 6.72. The Morgan fingerprint density at radius 1 is 1.44 bits per heavy atom. The number of nitrogens with one attached hydrogen (secondary N) is 2. The zero-order chi connectivity index (χ0) is 17.8. The molecule has 0 radical (unpaired) electrons. The second-order valence-electron chi connectivity index (χ2n) is 6.72. The molecule has 136 valence electrons. The Kier molecular flexibility index (Phi) is 5.35. The molecule has 0 aliphatic heterocycles. The summed E-state index contributed by atoms with van der Waals surface area (Å²) in [5, 5.41) is 19.7. The third kappa shape index (κ3) is 4.00. The Morgan fingerprint density at radius 3 is 3.00 bits per heavy atom. The number of aliphatic imine (C=N–C) groups is 1. The minimum Gasteiger partial charge on any atom is -0.353 e. The molecule has 0 amide bonds. The Labute approximate surface area is 148 Å². The zero-order valence-electron chi connectivity index (χ0n) is 15.5. The van der Waals surface area contributed by atoms with E-state index in [-0.39, 0.29) is 0 Å². The lowest BCUT2D eigenvalue weighted by atomic mass is 9.94. The fourth-order valence-electron chi connectivity index (χ4n) is 3.13. The molecule has 2 heterocycles. The van der Waals surface area contributed by atoms with Crippen LogP contribution in [-0.4, -0.2) is 43.6 Å². The van der Waals surface area contributed by atoms with Gasteiger partial charge >= 0.3 is 0 Å². The summed E-state index contributed by atoms with van der Waals surface area (Å²) in [5.74, 6) is 1.70. The fourth-order valence-corrected chi connectivity index (χ4v) is 3.13. The molecule has 0 saturated heterocycles. The van der Waals surface area contributed by atoms with Gasteiger partial charge < -0.3 is 15.2 Å². The SMILES string of the molecule is CCn1cnnc1CNC(=NC)NC1CCc2cn(C(C)C)nc2C1. The summed E-state index contributed by atoms with van der Waals surface area (Å²) in [6, 6.07) is 0.751. The Hall–Kier alpha value is -2.38. The summed E-state index contributed by atoms with van der Waals surface area (Å²) in [5.41, 5.74) is 2.59. The monoisotopic (exact) mass is 344 g/mol. The maximum atomic E-state index is 4.74. The van der Waals surface area contributed by atoms with Gasteiger partial charge in [-0.05, 0) is 39.2 Å². The molecule has 1 aliphatic carbocycles. The van der Waals surface area contributed by atoms with E-state index in [0.717, 1.165) is 37.6 Å². The summed E-state index contributed by atoms with van der Waals surface area (Å²) in [6.07, 6.45) is 7.02. The van der Waals surface area contributed by atoms with Crippen LogP contribution < -0.4 is 10.6 Å². The van der Waals surface area contributed by atoms with Crippen molar-refractivity contribution in [1.29, 1.82) is 0 Å².